The number of ether oxygens (including phenoxy) is 3. The highest BCUT2D eigenvalue weighted by Gasteiger charge is 2.47. The van der Waals surface area contributed by atoms with Crippen LogP contribution in [0.4, 0.5) is 0 Å². The molecule has 1 amide bonds. The molecule has 0 aromatic carbocycles. The number of hydrogen-bond donors (Lipinski definition) is 6. The van der Waals surface area contributed by atoms with Crippen LogP contribution < -0.4 is 5.32 Å². The normalized spacial score (nSPS) is 19.1. The smallest absolute Gasteiger partial charge is 0.306 e. The van der Waals surface area contributed by atoms with Crippen LogP contribution in [0.3, 0.4) is 0 Å². The maximum Gasteiger partial charge on any atom is 0.306 e. The molecule has 11 nitrogen and oxygen atoms in total. The van der Waals surface area contributed by atoms with E-state index in [0.29, 0.717) is 12.8 Å². The number of aliphatic hydroxyl groups excluding tert-OH is 5. The van der Waals surface area contributed by atoms with E-state index in [1.165, 1.54) is 161 Å². The van der Waals surface area contributed by atoms with Crippen LogP contribution in [-0.2, 0) is 23.8 Å². The second-order valence-corrected chi connectivity index (χ2v) is 23.2. The molecule has 1 aliphatic heterocycles. The zero-order chi connectivity index (χ0) is 59.6. The molecule has 1 fully saturated rings. The Bertz CT molecular complexity index is 1660. The lowest BCUT2D eigenvalue weighted by atomic mass is 9.99. The molecule has 0 saturated carbocycles. The Balaban J connectivity index is 2.63. The summed E-state index contributed by atoms with van der Waals surface area (Å²) in [4.78, 5) is 26.6. The van der Waals surface area contributed by atoms with E-state index >= 15 is 0 Å². The number of rotatable bonds is 57. The van der Waals surface area contributed by atoms with E-state index in [4.69, 9.17) is 14.2 Å². The maximum absolute atomic E-state index is 13.4. The zero-order valence-corrected chi connectivity index (χ0v) is 52.6. The van der Waals surface area contributed by atoms with Gasteiger partial charge < -0.3 is 45.1 Å². The minimum absolute atomic E-state index is 0.116. The SMILES string of the molecule is CCCCC/C=C\C/C=C\C/C=C\C/C=C\CCCCC(O)C(=O)NC(COC1OC(CO)C(O)C(O)C1OC(=O)CCCCCCCCCCCCCCC/C=C\C/C=C\CCCCC)C(O)/C=C/CCCCCCCCCCCC. The van der Waals surface area contributed by atoms with Gasteiger partial charge in [0.15, 0.2) is 12.4 Å². The minimum atomic E-state index is -1.62. The highest BCUT2D eigenvalue weighted by atomic mass is 16.7. The predicted molar refractivity (Wildman–Crippen MR) is 342 cm³/mol. The molecule has 1 aliphatic rings. The fourth-order valence-electron chi connectivity index (χ4n) is 10.1. The summed E-state index contributed by atoms with van der Waals surface area (Å²) >= 11 is 0. The van der Waals surface area contributed by atoms with Crippen molar-refractivity contribution < 1.29 is 49.3 Å². The van der Waals surface area contributed by atoms with Crippen molar-refractivity contribution >= 4 is 11.9 Å². The van der Waals surface area contributed by atoms with Gasteiger partial charge in [-0.1, -0.05) is 266 Å². The number of carbonyl (C=O) groups is 2. The molecule has 474 valence electrons. The van der Waals surface area contributed by atoms with Crippen molar-refractivity contribution in [1.29, 1.82) is 0 Å². The van der Waals surface area contributed by atoms with Crippen LogP contribution in [0.1, 0.15) is 290 Å². The molecule has 82 heavy (non-hydrogen) atoms. The van der Waals surface area contributed by atoms with Crippen LogP contribution in [0.2, 0.25) is 0 Å². The second-order valence-electron chi connectivity index (χ2n) is 23.2. The minimum Gasteiger partial charge on any atom is -0.454 e. The van der Waals surface area contributed by atoms with Crippen molar-refractivity contribution in [3.05, 3.63) is 85.1 Å². The fourth-order valence-corrected chi connectivity index (χ4v) is 10.1. The van der Waals surface area contributed by atoms with Crippen molar-refractivity contribution in [2.24, 2.45) is 0 Å². The van der Waals surface area contributed by atoms with Gasteiger partial charge in [-0.3, -0.25) is 9.59 Å². The number of amides is 1. The molecule has 1 saturated heterocycles. The Morgan fingerprint density at radius 1 is 0.476 bits per heavy atom. The molecular formula is C71H125NO10. The van der Waals surface area contributed by atoms with E-state index in [-0.39, 0.29) is 19.4 Å². The number of hydrogen-bond acceptors (Lipinski definition) is 10. The first-order chi connectivity index (χ1) is 40.2. The van der Waals surface area contributed by atoms with E-state index in [1.807, 2.05) is 6.08 Å². The molecule has 0 aromatic heterocycles. The van der Waals surface area contributed by atoms with Gasteiger partial charge >= 0.3 is 5.97 Å². The number of unbranched alkanes of at least 4 members (excludes halogenated alkanes) is 31. The van der Waals surface area contributed by atoms with Crippen molar-refractivity contribution in [1.82, 2.24) is 5.32 Å². The topological polar surface area (TPSA) is 175 Å². The van der Waals surface area contributed by atoms with E-state index in [1.54, 1.807) is 6.08 Å². The van der Waals surface area contributed by atoms with Crippen LogP contribution in [0, 0.1) is 0 Å². The van der Waals surface area contributed by atoms with Gasteiger partial charge in [0, 0.05) is 6.42 Å². The van der Waals surface area contributed by atoms with Gasteiger partial charge in [0.25, 0.3) is 0 Å². The number of esters is 1. The largest absolute Gasteiger partial charge is 0.454 e. The number of aliphatic hydroxyl groups is 5. The van der Waals surface area contributed by atoms with Gasteiger partial charge in [-0.05, 0) is 103 Å². The van der Waals surface area contributed by atoms with Gasteiger partial charge in [-0.25, -0.2) is 0 Å². The third-order valence-electron chi connectivity index (χ3n) is 15.5. The summed E-state index contributed by atoms with van der Waals surface area (Å²) in [6.07, 6.45) is 66.2. The second kappa shape index (κ2) is 58.2. The number of allylic oxidation sites excluding steroid dienone is 13. The summed E-state index contributed by atoms with van der Waals surface area (Å²) in [6.45, 7) is 5.73. The van der Waals surface area contributed by atoms with Gasteiger partial charge in [0.2, 0.25) is 5.91 Å². The molecule has 1 heterocycles. The van der Waals surface area contributed by atoms with Crippen LogP contribution in [0.15, 0.2) is 85.1 Å². The maximum atomic E-state index is 13.4. The summed E-state index contributed by atoms with van der Waals surface area (Å²) < 4.78 is 17.7. The van der Waals surface area contributed by atoms with Gasteiger partial charge in [0.1, 0.15) is 24.4 Å². The van der Waals surface area contributed by atoms with Gasteiger partial charge in [-0.2, -0.15) is 0 Å². The quantitative estimate of drug-likeness (QED) is 0.0195. The average Bonchev–Trinajstić information content (AvgIpc) is 3.68. The lowest BCUT2D eigenvalue weighted by molar-refractivity contribution is -0.305. The molecular weight excluding hydrogens is 1030 g/mol. The van der Waals surface area contributed by atoms with E-state index in [9.17, 15) is 35.1 Å². The lowest BCUT2D eigenvalue weighted by Gasteiger charge is -2.41. The Hall–Kier alpha value is -3.16. The van der Waals surface area contributed by atoms with Crippen molar-refractivity contribution in [3.8, 4) is 0 Å². The molecule has 0 bridgehead atoms. The van der Waals surface area contributed by atoms with E-state index in [2.05, 4.69) is 99.0 Å². The molecule has 8 atom stereocenters. The molecule has 1 rings (SSSR count). The molecule has 8 unspecified atom stereocenters. The fraction of sp³-hybridized carbons (Fsp3) is 0.775. The monoisotopic (exact) mass is 1150 g/mol. The van der Waals surface area contributed by atoms with Crippen LogP contribution in [0.5, 0.6) is 0 Å². The average molecular weight is 1150 g/mol. The van der Waals surface area contributed by atoms with E-state index in [0.717, 1.165) is 83.5 Å². The molecule has 6 N–H and O–H groups in total. The number of carbonyl (C=O) groups excluding carboxylic acids is 2. The first-order valence-electron chi connectivity index (χ1n) is 33.9. The first kappa shape index (κ1) is 76.9. The summed E-state index contributed by atoms with van der Waals surface area (Å²) in [5.74, 6) is -1.23. The summed E-state index contributed by atoms with van der Waals surface area (Å²) in [6, 6.07) is -1.04. The third-order valence-corrected chi connectivity index (χ3v) is 15.5. The molecule has 0 aliphatic carbocycles. The van der Waals surface area contributed by atoms with Crippen molar-refractivity contribution in [2.45, 2.75) is 339 Å². The summed E-state index contributed by atoms with van der Waals surface area (Å²) in [5, 5.41) is 57.1. The van der Waals surface area contributed by atoms with Crippen LogP contribution in [0.25, 0.3) is 0 Å². The van der Waals surface area contributed by atoms with E-state index < -0.39 is 67.4 Å². The summed E-state index contributed by atoms with van der Waals surface area (Å²) in [5.41, 5.74) is 0. The Kier molecular flexibility index (Phi) is 54.6. The molecule has 11 heteroatoms. The number of nitrogens with one attached hydrogen (secondary N) is 1. The Labute approximate surface area is 502 Å². The standard InChI is InChI=1S/C71H125NO10/c1-4-7-10-13-16-19-22-25-27-29-31-32-33-34-35-37-39-41-44-47-50-53-56-59-66(76)82-69-68(78)67(77)65(60-73)81-71(69)80-61-62(63(74)57-54-51-48-45-42-24-21-18-15-12-9-6-3)72-70(79)64(75)58-55-52-49-46-43-40-38-36-30-28-26-23-20-17-14-11-8-5-2/h16-17,19-20,25-28,36,38,43,46,54,57,62-65,67-69,71,73-75,77-78H,4-15,18,21-24,29-35,37,39-42,44-45,47-53,55-56,58-61H2,1-3H3,(H,72,79)/b19-16-,20-17-,27-25-,28-26-,38-36-,46-43-,57-54+. The van der Waals surface area contributed by atoms with Gasteiger partial charge in [0.05, 0.1) is 25.4 Å². The summed E-state index contributed by atoms with van der Waals surface area (Å²) in [7, 11) is 0. The third kappa shape index (κ3) is 45.2. The van der Waals surface area contributed by atoms with Crippen molar-refractivity contribution in [3.63, 3.8) is 0 Å². The highest BCUT2D eigenvalue weighted by Crippen LogP contribution is 2.26. The zero-order valence-electron chi connectivity index (χ0n) is 52.6. The highest BCUT2D eigenvalue weighted by molar-refractivity contribution is 5.80. The van der Waals surface area contributed by atoms with Gasteiger partial charge in [-0.15, -0.1) is 0 Å². The molecule has 0 radical (unpaired) electrons. The molecule has 0 aromatic rings. The predicted octanol–water partition coefficient (Wildman–Crippen LogP) is 16.9. The van der Waals surface area contributed by atoms with Crippen LogP contribution in [-0.4, -0.2) is 99.6 Å². The Morgan fingerprint density at radius 3 is 1.28 bits per heavy atom. The first-order valence-corrected chi connectivity index (χ1v) is 33.9. The molecule has 0 spiro atoms. The Morgan fingerprint density at radius 2 is 0.841 bits per heavy atom. The van der Waals surface area contributed by atoms with Crippen LogP contribution >= 0.6 is 0 Å². The lowest BCUT2D eigenvalue weighted by Crippen LogP contribution is -2.61. The van der Waals surface area contributed by atoms with Crippen molar-refractivity contribution in [2.75, 3.05) is 13.2 Å².